The molecule has 0 aliphatic carbocycles. The average Bonchev–Trinajstić information content (AvgIpc) is 2.49. The van der Waals surface area contributed by atoms with Crippen LogP contribution in [-0.2, 0) is 19.3 Å². The van der Waals surface area contributed by atoms with Crippen LogP contribution in [0.5, 0.6) is 0 Å². The van der Waals surface area contributed by atoms with Gasteiger partial charge in [-0.25, -0.2) is 4.39 Å². The minimum atomic E-state index is -0.132. The first kappa shape index (κ1) is 14.7. The van der Waals surface area contributed by atoms with Crippen LogP contribution in [0.25, 0.3) is 0 Å². The second kappa shape index (κ2) is 7.20. The van der Waals surface area contributed by atoms with Crippen molar-refractivity contribution in [3.63, 3.8) is 0 Å². The van der Waals surface area contributed by atoms with Gasteiger partial charge in [0.2, 0.25) is 0 Å². The summed E-state index contributed by atoms with van der Waals surface area (Å²) in [6.07, 6.45) is 2.64. The summed E-state index contributed by atoms with van der Waals surface area (Å²) in [5, 5.41) is 0. The molecule has 0 heterocycles. The van der Waals surface area contributed by atoms with Gasteiger partial charge >= 0.3 is 0 Å². The molecule has 0 saturated carbocycles. The summed E-state index contributed by atoms with van der Waals surface area (Å²) in [5.41, 5.74) is 9.22. The highest BCUT2D eigenvalue weighted by Crippen LogP contribution is 2.17. The van der Waals surface area contributed by atoms with Gasteiger partial charge in [-0.1, -0.05) is 49.4 Å². The van der Waals surface area contributed by atoms with E-state index >= 15 is 0 Å². The Hall–Kier alpha value is -1.67. The molecule has 2 aromatic carbocycles. The number of benzene rings is 2. The molecular formula is C18H22FN. The molecule has 1 nitrogen and oxygen atoms in total. The van der Waals surface area contributed by atoms with E-state index in [4.69, 9.17) is 5.73 Å². The van der Waals surface area contributed by atoms with E-state index in [1.165, 1.54) is 17.2 Å². The van der Waals surface area contributed by atoms with Crippen molar-refractivity contribution in [2.75, 3.05) is 6.54 Å². The number of halogens is 1. The Morgan fingerprint density at radius 3 is 2.20 bits per heavy atom. The van der Waals surface area contributed by atoms with E-state index in [0.29, 0.717) is 13.0 Å². The number of hydrogen-bond donors (Lipinski definition) is 1. The van der Waals surface area contributed by atoms with Gasteiger partial charge in [-0.05, 0) is 54.5 Å². The quantitative estimate of drug-likeness (QED) is 0.851. The van der Waals surface area contributed by atoms with Crippen LogP contribution in [0.1, 0.15) is 23.6 Å². The summed E-state index contributed by atoms with van der Waals surface area (Å²) < 4.78 is 13.7. The molecular weight excluding hydrogens is 249 g/mol. The van der Waals surface area contributed by atoms with E-state index in [2.05, 4.69) is 31.2 Å². The minimum absolute atomic E-state index is 0.132. The lowest BCUT2D eigenvalue weighted by Crippen LogP contribution is -2.19. The Bertz CT molecular complexity index is 533. The van der Waals surface area contributed by atoms with Gasteiger partial charge in [0, 0.05) is 0 Å². The molecule has 0 radical (unpaired) electrons. The number of nitrogens with two attached hydrogens (primary N) is 1. The first-order valence-electron chi connectivity index (χ1n) is 7.24. The summed E-state index contributed by atoms with van der Waals surface area (Å²) in [5.74, 6) is 0.145. The van der Waals surface area contributed by atoms with Crippen LogP contribution in [0.3, 0.4) is 0 Å². The van der Waals surface area contributed by atoms with Crippen LogP contribution in [0.15, 0.2) is 48.5 Å². The lowest BCUT2D eigenvalue weighted by Gasteiger charge is -2.15. The zero-order valence-corrected chi connectivity index (χ0v) is 12.0. The maximum Gasteiger partial charge on any atom is 0.126 e. The van der Waals surface area contributed by atoms with Crippen LogP contribution < -0.4 is 5.73 Å². The predicted molar refractivity (Wildman–Crippen MR) is 82.2 cm³/mol. The molecule has 0 spiro atoms. The van der Waals surface area contributed by atoms with Crippen molar-refractivity contribution in [2.45, 2.75) is 26.2 Å². The molecule has 0 saturated heterocycles. The summed E-state index contributed by atoms with van der Waals surface area (Å²) in [6.45, 7) is 2.72. The fourth-order valence-corrected chi connectivity index (χ4v) is 2.46. The largest absolute Gasteiger partial charge is 0.330 e. The lowest BCUT2D eigenvalue weighted by molar-refractivity contribution is 0.512. The average molecular weight is 271 g/mol. The fraction of sp³-hybridized carbons (Fsp3) is 0.333. The van der Waals surface area contributed by atoms with Crippen LogP contribution in [0, 0.1) is 11.7 Å². The van der Waals surface area contributed by atoms with Crippen molar-refractivity contribution >= 4 is 0 Å². The molecule has 2 heteroatoms. The van der Waals surface area contributed by atoms with Gasteiger partial charge in [0.05, 0.1) is 0 Å². The fourth-order valence-electron chi connectivity index (χ4n) is 2.46. The lowest BCUT2D eigenvalue weighted by atomic mass is 9.92. The minimum Gasteiger partial charge on any atom is -0.330 e. The second-order valence-electron chi connectivity index (χ2n) is 5.27. The summed E-state index contributed by atoms with van der Waals surface area (Å²) in [6, 6.07) is 15.6. The van der Waals surface area contributed by atoms with Crippen LogP contribution in [0.2, 0.25) is 0 Å². The van der Waals surface area contributed by atoms with E-state index in [0.717, 1.165) is 18.4 Å². The van der Waals surface area contributed by atoms with Crippen LogP contribution in [-0.4, -0.2) is 6.54 Å². The molecule has 0 bridgehead atoms. The molecule has 1 atom stereocenters. The number of aryl methyl sites for hydroxylation is 1. The van der Waals surface area contributed by atoms with E-state index in [-0.39, 0.29) is 11.7 Å². The van der Waals surface area contributed by atoms with Crippen molar-refractivity contribution in [3.8, 4) is 0 Å². The first-order valence-corrected chi connectivity index (χ1v) is 7.24. The topological polar surface area (TPSA) is 26.0 Å². The second-order valence-corrected chi connectivity index (χ2v) is 5.27. The zero-order valence-electron chi connectivity index (χ0n) is 12.0. The van der Waals surface area contributed by atoms with Gasteiger partial charge in [0.25, 0.3) is 0 Å². The highest BCUT2D eigenvalue weighted by atomic mass is 19.1. The van der Waals surface area contributed by atoms with E-state index < -0.39 is 0 Å². The first-order chi connectivity index (χ1) is 9.72. The number of hydrogen-bond acceptors (Lipinski definition) is 1. The molecule has 0 fully saturated rings. The maximum absolute atomic E-state index is 13.7. The van der Waals surface area contributed by atoms with Crippen molar-refractivity contribution in [1.29, 1.82) is 0 Å². The molecule has 0 aliphatic rings. The van der Waals surface area contributed by atoms with E-state index in [9.17, 15) is 4.39 Å². The molecule has 0 aliphatic heterocycles. The van der Waals surface area contributed by atoms with Gasteiger partial charge in [-0.15, -0.1) is 0 Å². The Labute approximate surface area is 120 Å². The Morgan fingerprint density at radius 2 is 1.60 bits per heavy atom. The molecule has 1 unspecified atom stereocenters. The molecule has 0 amide bonds. The molecule has 2 rings (SSSR count). The van der Waals surface area contributed by atoms with Crippen molar-refractivity contribution in [2.24, 2.45) is 11.7 Å². The third-order valence-corrected chi connectivity index (χ3v) is 3.76. The molecule has 0 aromatic heterocycles. The Morgan fingerprint density at radius 1 is 0.950 bits per heavy atom. The van der Waals surface area contributed by atoms with E-state index in [1.807, 2.05) is 12.1 Å². The summed E-state index contributed by atoms with van der Waals surface area (Å²) in [4.78, 5) is 0. The monoisotopic (exact) mass is 271 g/mol. The maximum atomic E-state index is 13.7. The van der Waals surface area contributed by atoms with Crippen LogP contribution in [0.4, 0.5) is 4.39 Å². The van der Waals surface area contributed by atoms with Gasteiger partial charge < -0.3 is 5.73 Å². The smallest absolute Gasteiger partial charge is 0.126 e. The third-order valence-electron chi connectivity index (χ3n) is 3.76. The highest BCUT2D eigenvalue weighted by Gasteiger charge is 2.11. The normalized spacial score (nSPS) is 12.3. The zero-order chi connectivity index (χ0) is 14.4. The van der Waals surface area contributed by atoms with E-state index in [1.54, 1.807) is 6.07 Å². The van der Waals surface area contributed by atoms with Crippen molar-refractivity contribution in [3.05, 3.63) is 71.0 Å². The standard InChI is InChI=1S/C18H22FN/c1-2-14-7-9-15(10-8-14)11-16(13-20)12-17-5-3-4-6-18(17)19/h3-10,16H,2,11-13,20H2,1H3. The summed E-state index contributed by atoms with van der Waals surface area (Å²) >= 11 is 0. The van der Waals surface area contributed by atoms with Crippen molar-refractivity contribution < 1.29 is 4.39 Å². The molecule has 2 N–H and O–H groups in total. The van der Waals surface area contributed by atoms with Gasteiger partial charge in [0.1, 0.15) is 5.82 Å². The van der Waals surface area contributed by atoms with Gasteiger partial charge in [-0.2, -0.15) is 0 Å². The van der Waals surface area contributed by atoms with Gasteiger partial charge in [-0.3, -0.25) is 0 Å². The SMILES string of the molecule is CCc1ccc(CC(CN)Cc2ccccc2F)cc1. The molecule has 20 heavy (non-hydrogen) atoms. The van der Waals surface area contributed by atoms with Gasteiger partial charge in [0.15, 0.2) is 0 Å². The predicted octanol–water partition coefficient (Wildman–Crippen LogP) is 3.75. The highest BCUT2D eigenvalue weighted by molar-refractivity contribution is 5.24. The molecule has 106 valence electrons. The Kier molecular flexibility index (Phi) is 5.31. The molecule has 2 aromatic rings. The number of rotatable bonds is 6. The summed E-state index contributed by atoms with van der Waals surface area (Å²) in [7, 11) is 0. The Balaban J connectivity index is 2.03. The third kappa shape index (κ3) is 3.91. The van der Waals surface area contributed by atoms with Crippen LogP contribution >= 0.6 is 0 Å². The van der Waals surface area contributed by atoms with Crippen molar-refractivity contribution in [1.82, 2.24) is 0 Å².